The lowest BCUT2D eigenvalue weighted by Gasteiger charge is -2.31. The molecule has 1 unspecified atom stereocenters. The van der Waals surface area contributed by atoms with Gasteiger partial charge in [0.15, 0.2) is 0 Å². The minimum atomic E-state index is -0.0690. The third-order valence-electron chi connectivity index (χ3n) is 13.7. The first-order valence-corrected chi connectivity index (χ1v) is 20.9. The Morgan fingerprint density at radius 1 is 0.414 bits per heavy atom. The van der Waals surface area contributed by atoms with Crippen LogP contribution in [0, 0.1) is 0 Å². The third-order valence-corrected chi connectivity index (χ3v) is 13.7. The Bertz CT molecular complexity index is 2880. The maximum atomic E-state index is 2.58. The molecule has 11 rings (SSSR count). The average Bonchev–Trinajstić information content (AvgIpc) is 3.63. The number of para-hydroxylation sites is 1. The maximum Gasteiger partial charge on any atom is 0.0465 e. The highest BCUT2D eigenvalue weighted by Crippen LogP contribution is 2.54. The number of rotatable bonds is 6. The van der Waals surface area contributed by atoms with E-state index in [0.29, 0.717) is 5.92 Å². The van der Waals surface area contributed by atoms with Crippen molar-refractivity contribution < 1.29 is 0 Å². The van der Waals surface area contributed by atoms with Gasteiger partial charge in [-0.2, -0.15) is 0 Å². The molecule has 3 aliphatic rings. The number of hydrogen-bond acceptors (Lipinski definition) is 1. The van der Waals surface area contributed by atoms with Gasteiger partial charge in [-0.05, 0) is 151 Å². The van der Waals surface area contributed by atoms with E-state index in [1.165, 1.54) is 89.1 Å². The zero-order chi connectivity index (χ0) is 39.2. The monoisotopic (exact) mass is 745 g/mol. The second-order valence-corrected chi connectivity index (χ2v) is 17.7. The zero-order valence-electron chi connectivity index (χ0n) is 33.8. The van der Waals surface area contributed by atoms with Crippen molar-refractivity contribution in [2.24, 2.45) is 0 Å². The summed E-state index contributed by atoms with van der Waals surface area (Å²) in [6, 6.07) is 68.4. The van der Waals surface area contributed by atoms with Crippen LogP contribution < -0.4 is 4.90 Å². The maximum absolute atomic E-state index is 2.58. The topological polar surface area (TPSA) is 3.24 Å². The predicted molar refractivity (Wildman–Crippen MR) is 244 cm³/mol. The van der Waals surface area contributed by atoms with Gasteiger partial charge in [0.1, 0.15) is 0 Å². The van der Waals surface area contributed by atoms with Crippen molar-refractivity contribution in [1.29, 1.82) is 0 Å². The Morgan fingerprint density at radius 2 is 0.966 bits per heavy atom. The lowest BCUT2D eigenvalue weighted by molar-refractivity contribution is 0.645. The molecule has 8 aromatic rings. The molecular weight excluding hydrogens is 699 g/mol. The standard InChI is InChI=1S/C57H47N/c1-56(2)52-21-13-11-19-45(52)47-30-29-44(34-54(47)56)58(42-17-9-6-10-18-42)43-27-25-38(26-28-43)39-23-24-40-32-41(31-37-15-7-5-8-16-37)49-36-55-51(35-50(49)48(40)33-39)46-20-12-14-22-53(46)57(55,3)4/h5-30,33-36,41H,31-32H2,1-4H3. The van der Waals surface area contributed by atoms with Gasteiger partial charge in [-0.3, -0.25) is 0 Å². The highest BCUT2D eigenvalue weighted by atomic mass is 15.1. The van der Waals surface area contributed by atoms with E-state index < -0.39 is 0 Å². The molecule has 0 saturated carbocycles. The normalized spacial score (nSPS) is 16.0. The molecule has 1 atom stereocenters. The molecule has 58 heavy (non-hydrogen) atoms. The molecule has 8 aromatic carbocycles. The van der Waals surface area contributed by atoms with Crippen molar-refractivity contribution in [3.05, 3.63) is 221 Å². The average molecular weight is 746 g/mol. The minimum absolute atomic E-state index is 0.0310. The summed E-state index contributed by atoms with van der Waals surface area (Å²) in [6.45, 7) is 9.52. The highest BCUT2D eigenvalue weighted by molar-refractivity contribution is 5.90. The quantitative estimate of drug-likeness (QED) is 0.164. The van der Waals surface area contributed by atoms with Gasteiger partial charge in [-0.25, -0.2) is 0 Å². The van der Waals surface area contributed by atoms with E-state index in [9.17, 15) is 0 Å². The van der Waals surface area contributed by atoms with Crippen LogP contribution in [0.3, 0.4) is 0 Å². The van der Waals surface area contributed by atoms with Crippen LogP contribution in [-0.2, 0) is 23.7 Å². The molecule has 0 amide bonds. The molecule has 0 N–H and O–H groups in total. The van der Waals surface area contributed by atoms with Gasteiger partial charge >= 0.3 is 0 Å². The van der Waals surface area contributed by atoms with Crippen molar-refractivity contribution in [1.82, 2.24) is 0 Å². The van der Waals surface area contributed by atoms with E-state index in [1.54, 1.807) is 0 Å². The van der Waals surface area contributed by atoms with Gasteiger partial charge in [0.25, 0.3) is 0 Å². The second-order valence-electron chi connectivity index (χ2n) is 17.7. The fourth-order valence-corrected chi connectivity index (χ4v) is 10.6. The molecule has 1 nitrogen and oxygen atoms in total. The van der Waals surface area contributed by atoms with Crippen LogP contribution in [0.1, 0.15) is 72.6 Å². The number of benzene rings is 8. The lowest BCUT2D eigenvalue weighted by atomic mass is 9.73. The van der Waals surface area contributed by atoms with Gasteiger partial charge in [0.05, 0.1) is 0 Å². The first kappa shape index (κ1) is 34.8. The first-order valence-electron chi connectivity index (χ1n) is 20.9. The summed E-state index contributed by atoms with van der Waals surface area (Å²) >= 11 is 0. The van der Waals surface area contributed by atoms with Crippen LogP contribution in [0.5, 0.6) is 0 Å². The fourth-order valence-electron chi connectivity index (χ4n) is 10.6. The first-order chi connectivity index (χ1) is 28.3. The van der Waals surface area contributed by atoms with Crippen LogP contribution in [0.15, 0.2) is 182 Å². The van der Waals surface area contributed by atoms with Gasteiger partial charge in [0, 0.05) is 27.9 Å². The molecular formula is C57H47N. The van der Waals surface area contributed by atoms with Gasteiger partial charge in [0.2, 0.25) is 0 Å². The number of hydrogen-bond donors (Lipinski definition) is 0. The summed E-state index contributed by atoms with van der Waals surface area (Å²) in [5, 5.41) is 0. The molecule has 0 fully saturated rings. The molecule has 0 spiro atoms. The Labute approximate surface area is 343 Å². The Balaban J connectivity index is 0.988. The summed E-state index contributed by atoms with van der Waals surface area (Å²) in [5.41, 5.74) is 24.1. The molecule has 0 saturated heterocycles. The van der Waals surface area contributed by atoms with E-state index in [4.69, 9.17) is 0 Å². The lowest BCUT2D eigenvalue weighted by Crippen LogP contribution is -2.18. The van der Waals surface area contributed by atoms with Gasteiger partial charge in [-0.15, -0.1) is 0 Å². The second kappa shape index (κ2) is 13.0. The van der Waals surface area contributed by atoms with Crippen LogP contribution >= 0.6 is 0 Å². The molecule has 0 heterocycles. The molecule has 0 aromatic heterocycles. The third kappa shape index (κ3) is 5.37. The van der Waals surface area contributed by atoms with Crippen molar-refractivity contribution >= 4 is 17.1 Å². The van der Waals surface area contributed by atoms with Crippen LogP contribution in [0.2, 0.25) is 0 Å². The predicted octanol–water partition coefficient (Wildman–Crippen LogP) is 15.0. The van der Waals surface area contributed by atoms with E-state index in [0.717, 1.165) is 24.2 Å². The van der Waals surface area contributed by atoms with Gasteiger partial charge < -0.3 is 4.90 Å². The summed E-state index contributed by atoms with van der Waals surface area (Å²) in [7, 11) is 0. The number of fused-ring (bicyclic) bond motifs is 9. The summed E-state index contributed by atoms with van der Waals surface area (Å²) in [5.74, 6) is 0.419. The molecule has 3 aliphatic carbocycles. The summed E-state index contributed by atoms with van der Waals surface area (Å²) in [4.78, 5) is 2.40. The zero-order valence-corrected chi connectivity index (χ0v) is 33.8. The van der Waals surface area contributed by atoms with E-state index >= 15 is 0 Å². The largest absolute Gasteiger partial charge is 0.310 e. The summed E-state index contributed by atoms with van der Waals surface area (Å²) < 4.78 is 0. The molecule has 1 heteroatoms. The highest BCUT2D eigenvalue weighted by Gasteiger charge is 2.38. The molecule has 0 bridgehead atoms. The number of nitrogens with zero attached hydrogens (tertiary/aromatic N) is 1. The van der Waals surface area contributed by atoms with Crippen molar-refractivity contribution in [3.8, 4) is 44.5 Å². The van der Waals surface area contributed by atoms with Crippen LogP contribution in [0.25, 0.3) is 44.5 Å². The van der Waals surface area contributed by atoms with Crippen molar-refractivity contribution in [2.75, 3.05) is 4.90 Å². The van der Waals surface area contributed by atoms with Crippen molar-refractivity contribution in [3.63, 3.8) is 0 Å². The Kier molecular flexibility index (Phi) is 7.82. The molecule has 0 aliphatic heterocycles. The van der Waals surface area contributed by atoms with Gasteiger partial charge in [-0.1, -0.05) is 161 Å². The number of anilines is 3. The smallest absolute Gasteiger partial charge is 0.0465 e. The molecule has 280 valence electrons. The van der Waals surface area contributed by atoms with E-state index in [1.807, 2.05) is 0 Å². The SMILES string of the molecule is CC1(C)c2ccccc2-c2ccc(N(c3ccccc3)c3ccc(-c4ccc5c(c4)-c4cc6c(cc4C(Cc4ccccc4)C5)C(C)(C)c4ccccc4-6)cc3)cc21. The molecule has 0 radical (unpaired) electrons. The summed E-state index contributed by atoms with van der Waals surface area (Å²) in [6.07, 6.45) is 2.08. The Hall–Kier alpha value is -6.44. The fraction of sp³-hybridized carbons (Fsp3) is 0.158. The van der Waals surface area contributed by atoms with Crippen molar-refractivity contribution in [2.45, 2.75) is 57.3 Å². The Morgan fingerprint density at radius 3 is 1.67 bits per heavy atom. The van der Waals surface area contributed by atoms with Crippen LogP contribution in [0.4, 0.5) is 17.1 Å². The minimum Gasteiger partial charge on any atom is -0.310 e. The van der Waals surface area contributed by atoms with Crippen LogP contribution in [-0.4, -0.2) is 0 Å². The van der Waals surface area contributed by atoms with E-state index in [-0.39, 0.29) is 10.8 Å². The van der Waals surface area contributed by atoms with E-state index in [2.05, 4.69) is 215 Å².